The van der Waals surface area contributed by atoms with Gasteiger partial charge in [-0.1, -0.05) is 20.8 Å². The number of rotatable bonds is 4. The Labute approximate surface area is 118 Å². The summed E-state index contributed by atoms with van der Waals surface area (Å²) in [6.07, 6.45) is 0.977. The Morgan fingerprint density at radius 1 is 1.47 bits per heavy atom. The molecule has 0 radical (unpaired) electrons. The summed E-state index contributed by atoms with van der Waals surface area (Å²) in [4.78, 5) is 24.8. The normalized spacial score (nSPS) is 22.1. The van der Waals surface area contributed by atoms with Crippen LogP contribution in [-0.2, 0) is 9.59 Å². The number of carbonyl (C=O) groups excluding carboxylic acids is 1. The van der Waals surface area contributed by atoms with Gasteiger partial charge in [0.05, 0.1) is 0 Å². The first-order valence-electron chi connectivity index (χ1n) is 6.56. The van der Waals surface area contributed by atoms with Crippen molar-refractivity contribution in [1.29, 1.82) is 0 Å². The molecule has 1 heterocycles. The predicted molar refractivity (Wildman–Crippen MR) is 77.1 cm³/mol. The number of nitrogens with zero attached hydrogens (tertiary/aromatic N) is 1. The number of hydrogen-bond acceptors (Lipinski definition) is 4. The molecule has 0 aromatic rings. The number of hydrogen-bond donors (Lipinski definition) is 2. The van der Waals surface area contributed by atoms with E-state index >= 15 is 0 Å². The molecular weight excluding hydrogens is 264 g/mol. The van der Waals surface area contributed by atoms with Gasteiger partial charge in [-0.05, 0) is 11.8 Å². The molecule has 1 fully saturated rings. The lowest BCUT2D eigenvalue weighted by molar-refractivity contribution is -0.149. The topological polar surface area (TPSA) is 83.6 Å². The van der Waals surface area contributed by atoms with Crippen molar-refractivity contribution in [3.8, 4) is 0 Å². The monoisotopic (exact) mass is 288 g/mol. The number of thioether (sulfide) groups is 1. The fraction of sp³-hybridized carbons (Fsp3) is 0.846. The molecule has 19 heavy (non-hydrogen) atoms. The number of carboxylic acid groups (broad SMARTS) is 1. The number of nitrogens with two attached hydrogens (primary N) is 1. The molecule has 110 valence electrons. The first-order chi connectivity index (χ1) is 8.70. The highest BCUT2D eigenvalue weighted by molar-refractivity contribution is 7.99. The fourth-order valence-corrected chi connectivity index (χ4v) is 3.35. The summed E-state index contributed by atoms with van der Waals surface area (Å²) in [6.45, 7) is 6.74. The molecule has 2 unspecified atom stereocenters. The molecule has 0 aromatic carbocycles. The molecule has 5 nitrogen and oxygen atoms in total. The second-order valence-electron chi connectivity index (χ2n) is 6.25. The Balaban J connectivity index is 2.58. The Morgan fingerprint density at radius 2 is 2.11 bits per heavy atom. The van der Waals surface area contributed by atoms with Crippen LogP contribution >= 0.6 is 11.8 Å². The van der Waals surface area contributed by atoms with Crippen LogP contribution in [-0.4, -0.2) is 52.0 Å². The van der Waals surface area contributed by atoms with Crippen LogP contribution in [0.25, 0.3) is 0 Å². The average Bonchev–Trinajstić information content (AvgIpc) is 2.26. The molecule has 6 heteroatoms. The quantitative estimate of drug-likeness (QED) is 0.811. The van der Waals surface area contributed by atoms with Gasteiger partial charge in [-0.15, -0.1) is 0 Å². The van der Waals surface area contributed by atoms with E-state index < -0.39 is 12.0 Å². The molecule has 0 aromatic heterocycles. The zero-order valence-corrected chi connectivity index (χ0v) is 12.7. The van der Waals surface area contributed by atoms with Gasteiger partial charge in [-0.25, -0.2) is 4.79 Å². The van der Waals surface area contributed by atoms with Gasteiger partial charge in [0.1, 0.15) is 6.04 Å². The maximum absolute atomic E-state index is 12.2. The zero-order valence-electron chi connectivity index (χ0n) is 11.9. The molecule has 0 spiro atoms. The van der Waals surface area contributed by atoms with E-state index in [1.807, 2.05) is 0 Å². The molecule has 3 N–H and O–H groups in total. The molecule has 0 aliphatic carbocycles. The van der Waals surface area contributed by atoms with E-state index in [1.165, 1.54) is 4.90 Å². The van der Waals surface area contributed by atoms with Crippen LogP contribution in [0, 0.1) is 5.41 Å². The highest BCUT2D eigenvalue weighted by Crippen LogP contribution is 2.23. The third-order valence-electron chi connectivity index (χ3n) is 3.05. The van der Waals surface area contributed by atoms with E-state index in [0.29, 0.717) is 12.3 Å². The van der Waals surface area contributed by atoms with Crippen molar-refractivity contribution in [1.82, 2.24) is 4.90 Å². The molecule has 1 aliphatic heterocycles. The Morgan fingerprint density at radius 3 is 2.63 bits per heavy atom. The highest BCUT2D eigenvalue weighted by atomic mass is 32.2. The molecule has 1 rings (SSSR count). The van der Waals surface area contributed by atoms with Crippen LogP contribution in [0.15, 0.2) is 0 Å². The van der Waals surface area contributed by atoms with Crippen molar-refractivity contribution < 1.29 is 14.7 Å². The molecule has 0 bridgehead atoms. The van der Waals surface area contributed by atoms with E-state index in [-0.39, 0.29) is 23.8 Å². The average molecular weight is 288 g/mol. The van der Waals surface area contributed by atoms with Crippen LogP contribution in [0.2, 0.25) is 0 Å². The summed E-state index contributed by atoms with van der Waals surface area (Å²) in [5.74, 6) is 0.203. The number of carbonyl (C=O) groups is 2. The van der Waals surface area contributed by atoms with Gasteiger partial charge >= 0.3 is 5.97 Å². The molecular formula is C13H24N2O3S. The van der Waals surface area contributed by atoms with Gasteiger partial charge in [0, 0.05) is 30.5 Å². The Hall–Kier alpha value is -0.750. The van der Waals surface area contributed by atoms with Gasteiger partial charge in [0.15, 0.2) is 0 Å². The Kier molecular flexibility index (Phi) is 5.67. The van der Waals surface area contributed by atoms with E-state index in [9.17, 15) is 9.59 Å². The first-order valence-corrected chi connectivity index (χ1v) is 7.72. The Bertz CT molecular complexity index is 341. The summed E-state index contributed by atoms with van der Waals surface area (Å²) in [5.41, 5.74) is 6.06. The van der Waals surface area contributed by atoms with Crippen molar-refractivity contribution >= 4 is 23.6 Å². The molecule has 0 saturated carbocycles. The van der Waals surface area contributed by atoms with E-state index in [2.05, 4.69) is 20.8 Å². The lowest BCUT2D eigenvalue weighted by Gasteiger charge is -2.34. The number of amides is 1. The van der Waals surface area contributed by atoms with Crippen LogP contribution in [0.4, 0.5) is 0 Å². The number of aliphatic carboxylic acids is 1. The van der Waals surface area contributed by atoms with Gasteiger partial charge < -0.3 is 15.7 Å². The summed E-state index contributed by atoms with van der Waals surface area (Å²) in [7, 11) is 0. The van der Waals surface area contributed by atoms with Crippen LogP contribution < -0.4 is 5.73 Å². The largest absolute Gasteiger partial charge is 0.480 e. The van der Waals surface area contributed by atoms with Gasteiger partial charge in [0.25, 0.3) is 0 Å². The van der Waals surface area contributed by atoms with E-state index in [4.69, 9.17) is 10.8 Å². The standard InChI is InChI=1S/C13H24N2O3S/c1-13(2,3)7-9(14)6-11(16)15-4-5-19-8-10(15)12(17)18/h9-10H,4-8,14H2,1-3H3,(H,17,18). The minimum Gasteiger partial charge on any atom is -0.480 e. The van der Waals surface area contributed by atoms with E-state index in [1.54, 1.807) is 11.8 Å². The maximum Gasteiger partial charge on any atom is 0.327 e. The van der Waals surface area contributed by atoms with Crippen molar-refractivity contribution in [3.05, 3.63) is 0 Å². The first kappa shape index (κ1) is 16.3. The second-order valence-corrected chi connectivity index (χ2v) is 7.39. The fourth-order valence-electron chi connectivity index (χ4n) is 2.31. The van der Waals surface area contributed by atoms with Gasteiger partial charge in [-0.2, -0.15) is 11.8 Å². The minimum atomic E-state index is -0.926. The van der Waals surface area contributed by atoms with Gasteiger partial charge in [-0.3, -0.25) is 4.79 Å². The predicted octanol–water partition coefficient (Wildman–Crippen LogP) is 1.17. The smallest absolute Gasteiger partial charge is 0.327 e. The molecule has 1 amide bonds. The van der Waals surface area contributed by atoms with E-state index in [0.717, 1.165) is 12.2 Å². The van der Waals surface area contributed by atoms with Crippen LogP contribution in [0.5, 0.6) is 0 Å². The lowest BCUT2D eigenvalue weighted by Crippen LogP contribution is -2.51. The van der Waals surface area contributed by atoms with Crippen molar-refractivity contribution in [2.45, 2.75) is 45.7 Å². The molecule has 2 atom stereocenters. The van der Waals surface area contributed by atoms with Crippen molar-refractivity contribution in [2.24, 2.45) is 11.1 Å². The zero-order chi connectivity index (χ0) is 14.6. The summed E-state index contributed by atoms with van der Waals surface area (Å²) >= 11 is 1.58. The van der Waals surface area contributed by atoms with Crippen molar-refractivity contribution in [2.75, 3.05) is 18.1 Å². The molecule has 1 saturated heterocycles. The minimum absolute atomic E-state index is 0.0731. The van der Waals surface area contributed by atoms with Crippen LogP contribution in [0.3, 0.4) is 0 Å². The third kappa shape index (κ3) is 5.40. The molecule has 1 aliphatic rings. The van der Waals surface area contributed by atoms with Crippen molar-refractivity contribution in [3.63, 3.8) is 0 Å². The second kappa shape index (κ2) is 6.61. The maximum atomic E-state index is 12.2. The lowest BCUT2D eigenvalue weighted by atomic mass is 9.87. The van der Waals surface area contributed by atoms with Crippen LogP contribution in [0.1, 0.15) is 33.6 Å². The number of carboxylic acids is 1. The van der Waals surface area contributed by atoms with Gasteiger partial charge in [0.2, 0.25) is 5.91 Å². The SMILES string of the molecule is CC(C)(C)CC(N)CC(=O)N1CCSCC1C(=O)O. The third-order valence-corrected chi connectivity index (χ3v) is 4.07. The summed E-state index contributed by atoms with van der Waals surface area (Å²) in [5, 5.41) is 9.14. The highest BCUT2D eigenvalue weighted by Gasteiger charge is 2.33. The summed E-state index contributed by atoms with van der Waals surface area (Å²) < 4.78 is 0. The summed E-state index contributed by atoms with van der Waals surface area (Å²) in [6, 6.07) is -0.912.